The second kappa shape index (κ2) is 10.6. The summed E-state index contributed by atoms with van der Waals surface area (Å²) in [4.78, 5) is 26.3. The van der Waals surface area contributed by atoms with Crippen molar-refractivity contribution in [2.75, 3.05) is 32.1 Å². The highest BCUT2D eigenvalue weighted by atomic mass is 35.5. The molecule has 2 atom stereocenters. The van der Waals surface area contributed by atoms with Gasteiger partial charge in [-0.25, -0.2) is 12.7 Å². The molecule has 0 saturated heterocycles. The van der Waals surface area contributed by atoms with Crippen molar-refractivity contribution < 1.29 is 32.6 Å². The van der Waals surface area contributed by atoms with Crippen LogP contribution in [0.25, 0.3) is 0 Å². The number of nitrogens with two attached hydrogens (primary N) is 1. The molecule has 0 aromatic heterocycles. The third-order valence-electron chi connectivity index (χ3n) is 6.44. The van der Waals surface area contributed by atoms with Crippen LogP contribution in [0.4, 0.5) is 5.69 Å². The number of hydrogen-bond donors (Lipinski definition) is 2. The number of fused-ring (bicyclic) bond motifs is 1. The van der Waals surface area contributed by atoms with Crippen LogP contribution in [0.15, 0.2) is 65.6 Å². The van der Waals surface area contributed by atoms with Crippen LogP contribution in [-0.2, 0) is 25.2 Å². The Kier molecular flexibility index (Phi) is 7.72. The van der Waals surface area contributed by atoms with E-state index in [0.29, 0.717) is 0 Å². The summed E-state index contributed by atoms with van der Waals surface area (Å²) in [5.41, 5.74) is 3.08. The number of carbonyl (C=O) groups is 2. The average Bonchev–Trinajstić information content (AvgIpc) is 3.16. The Morgan fingerprint density at radius 1 is 1.03 bits per heavy atom. The van der Waals surface area contributed by atoms with Crippen molar-refractivity contribution >= 4 is 50.7 Å². The fourth-order valence-corrected chi connectivity index (χ4v) is 6.80. The maximum atomic E-state index is 14.3. The molecule has 0 radical (unpaired) electrons. The number of ether oxygens (including phenoxy) is 2. The SMILES string of the molecule is COc1ccc(S(=O)(=O)N2c3ccc(Cl)cc3C(O)(c3ccccc3Cl)C2C(=O)N(C)CC(N)=O)cc1OC. The summed E-state index contributed by atoms with van der Waals surface area (Å²) in [7, 11) is -0.555. The molecule has 4 rings (SSSR count). The van der Waals surface area contributed by atoms with E-state index in [9.17, 15) is 23.1 Å². The van der Waals surface area contributed by atoms with Gasteiger partial charge >= 0.3 is 0 Å². The Labute approximate surface area is 235 Å². The highest BCUT2D eigenvalue weighted by Crippen LogP contribution is 2.52. The highest BCUT2D eigenvalue weighted by molar-refractivity contribution is 7.93. The lowest BCUT2D eigenvalue weighted by Crippen LogP contribution is -2.57. The maximum absolute atomic E-state index is 14.3. The molecule has 2 amide bonds. The number of methoxy groups -OCH3 is 2. The third kappa shape index (κ3) is 4.76. The summed E-state index contributed by atoms with van der Waals surface area (Å²) < 4.78 is 39.9. The van der Waals surface area contributed by atoms with Crippen LogP contribution in [0.3, 0.4) is 0 Å². The Balaban J connectivity index is 2.05. The second-order valence-corrected chi connectivity index (χ2v) is 11.4. The van der Waals surface area contributed by atoms with Gasteiger partial charge in [0.05, 0.1) is 31.3 Å². The minimum atomic E-state index is -4.58. The molecule has 3 N–H and O–H groups in total. The van der Waals surface area contributed by atoms with Crippen LogP contribution in [0, 0.1) is 0 Å². The number of anilines is 1. The molecule has 3 aromatic carbocycles. The first kappa shape index (κ1) is 28.5. The Hall–Kier alpha value is -3.51. The number of hydrogen-bond acceptors (Lipinski definition) is 7. The molecule has 3 aromatic rings. The van der Waals surface area contributed by atoms with E-state index < -0.39 is 40.0 Å². The van der Waals surface area contributed by atoms with Crippen molar-refractivity contribution in [1.29, 1.82) is 0 Å². The molecule has 0 spiro atoms. The molecule has 10 nitrogen and oxygen atoms in total. The van der Waals surface area contributed by atoms with E-state index in [-0.39, 0.29) is 43.3 Å². The van der Waals surface area contributed by atoms with Crippen molar-refractivity contribution in [3.63, 3.8) is 0 Å². The number of halogens is 2. The number of benzene rings is 3. The van der Waals surface area contributed by atoms with Gasteiger partial charge in [-0.1, -0.05) is 41.4 Å². The van der Waals surface area contributed by atoms with Gasteiger partial charge in [0.1, 0.15) is 5.60 Å². The number of aliphatic hydroxyl groups is 1. The van der Waals surface area contributed by atoms with Gasteiger partial charge in [-0.3, -0.25) is 9.59 Å². The molecule has 0 aliphatic carbocycles. The lowest BCUT2D eigenvalue weighted by atomic mass is 9.82. The van der Waals surface area contributed by atoms with E-state index in [1.54, 1.807) is 12.1 Å². The second-order valence-electron chi connectivity index (χ2n) is 8.79. The van der Waals surface area contributed by atoms with Crippen molar-refractivity contribution in [2.24, 2.45) is 5.73 Å². The smallest absolute Gasteiger partial charge is 0.265 e. The molecule has 0 fully saturated rings. The molecule has 1 aliphatic rings. The van der Waals surface area contributed by atoms with Crippen LogP contribution in [-0.4, -0.2) is 64.1 Å². The summed E-state index contributed by atoms with van der Waals surface area (Å²) in [6.07, 6.45) is 0. The van der Waals surface area contributed by atoms with Gasteiger partial charge in [0.2, 0.25) is 11.8 Å². The minimum Gasteiger partial charge on any atom is -0.493 e. The third-order valence-corrected chi connectivity index (χ3v) is 8.78. The largest absolute Gasteiger partial charge is 0.493 e. The van der Waals surface area contributed by atoms with Crippen molar-refractivity contribution in [3.05, 3.63) is 81.8 Å². The molecular formula is C26H25Cl2N3O7S. The van der Waals surface area contributed by atoms with Crippen LogP contribution >= 0.6 is 23.2 Å². The molecule has 2 unspecified atom stereocenters. The molecule has 13 heteroatoms. The van der Waals surface area contributed by atoms with Gasteiger partial charge < -0.3 is 25.2 Å². The first-order valence-corrected chi connectivity index (χ1v) is 13.6. The molecular weight excluding hydrogens is 569 g/mol. The normalized spacial score (nSPS) is 18.4. The predicted molar refractivity (Wildman–Crippen MR) is 146 cm³/mol. The van der Waals surface area contributed by atoms with E-state index in [2.05, 4.69) is 0 Å². The van der Waals surface area contributed by atoms with Gasteiger partial charge in [-0.05, 0) is 36.4 Å². The molecule has 0 saturated carbocycles. The van der Waals surface area contributed by atoms with Gasteiger partial charge in [0, 0.05) is 34.3 Å². The molecule has 206 valence electrons. The van der Waals surface area contributed by atoms with Crippen LogP contribution in [0.1, 0.15) is 11.1 Å². The van der Waals surface area contributed by atoms with Gasteiger partial charge in [-0.15, -0.1) is 0 Å². The van der Waals surface area contributed by atoms with Gasteiger partial charge in [0.25, 0.3) is 10.0 Å². The van der Waals surface area contributed by atoms with Gasteiger partial charge in [0.15, 0.2) is 17.5 Å². The van der Waals surface area contributed by atoms with Crippen molar-refractivity contribution in [2.45, 2.75) is 16.5 Å². The number of sulfonamides is 1. The molecule has 1 aliphatic heterocycles. The van der Waals surface area contributed by atoms with E-state index in [0.717, 1.165) is 9.21 Å². The van der Waals surface area contributed by atoms with E-state index in [1.165, 1.54) is 69.8 Å². The number of carbonyl (C=O) groups excluding carboxylic acids is 2. The Morgan fingerprint density at radius 3 is 2.31 bits per heavy atom. The summed E-state index contributed by atoms with van der Waals surface area (Å²) in [5.74, 6) is -1.33. The number of primary amides is 1. The number of rotatable bonds is 8. The standard InChI is InChI=1S/C26H25Cl2N3O7S/c1-30(14-23(29)32)25(33)24-26(34,17-6-4-5-7-19(17)28)18-12-15(27)8-10-20(18)31(24)39(35,36)16-9-11-21(37-2)22(13-16)38-3/h4-13,24,34H,14H2,1-3H3,(H2,29,32). The quantitative estimate of drug-likeness (QED) is 0.409. The lowest BCUT2D eigenvalue weighted by molar-refractivity contribution is -0.138. The van der Waals surface area contributed by atoms with Gasteiger partial charge in [-0.2, -0.15) is 0 Å². The zero-order chi connectivity index (χ0) is 28.7. The minimum absolute atomic E-state index is 0.0116. The first-order chi connectivity index (χ1) is 18.4. The summed E-state index contributed by atoms with van der Waals surface area (Å²) in [6.45, 7) is -0.532. The predicted octanol–water partition coefficient (Wildman–Crippen LogP) is 2.77. The van der Waals surface area contributed by atoms with Crippen molar-refractivity contribution in [3.8, 4) is 11.5 Å². The number of nitrogens with zero attached hydrogens (tertiary/aromatic N) is 2. The van der Waals surface area contributed by atoms with E-state index in [1.807, 2.05) is 0 Å². The zero-order valence-corrected chi connectivity index (χ0v) is 23.4. The average molecular weight is 594 g/mol. The van der Waals surface area contributed by atoms with Crippen LogP contribution in [0.2, 0.25) is 10.0 Å². The fourth-order valence-electron chi connectivity index (χ4n) is 4.68. The lowest BCUT2D eigenvalue weighted by Gasteiger charge is -2.36. The maximum Gasteiger partial charge on any atom is 0.265 e. The molecule has 0 bridgehead atoms. The Bertz CT molecular complexity index is 1570. The summed E-state index contributed by atoms with van der Waals surface area (Å²) >= 11 is 12.8. The number of amides is 2. The van der Waals surface area contributed by atoms with Crippen molar-refractivity contribution in [1.82, 2.24) is 4.90 Å². The fraction of sp³-hybridized carbons (Fsp3) is 0.231. The van der Waals surface area contributed by atoms with E-state index >= 15 is 0 Å². The highest BCUT2D eigenvalue weighted by Gasteiger charge is 2.60. The molecule has 1 heterocycles. The summed E-state index contributed by atoms with van der Waals surface area (Å²) in [6, 6.07) is 12.5. The topological polar surface area (TPSA) is 139 Å². The monoisotopic (exact) mass is 593 g/mol. The van der Waals surface area contributed by atoms with Crippen LogP contribution in [0.5, 0.6) is 11.5 Å². The first-order valence-electron chi connectivity index (χ1n) is 11.4. The Morgan fingerprint density at radius 2 is 1.69 bits per heavy atom. The summed E-state index contributed by atoms with van der Waals surface area (Å²) in [5, 5.41) is 12.7. The number of likely N-dealkylation sites (N-methyl/N-ethyl adjacent to an activating group) is 1. The molecule has 39 heavy (non-hydrogen) atoms. The zero-order valence-electron chi connectivity index (χ0n) is 21.1. The van der Waals surface area contributed by atoms with E-state index in [4.69, 9.17) is 38.4 Å². The van der Waals surface area contributed by atoms with Crippen LogP contribution < -0.4 is 19.5 Å².